The number of hydrogen-bond acceptors (Lipinski definition) is 0. The van der Waals surface area contributed by atoms with Crippen LogP contribution < -0.4 is 0 Å². The van der Waals surface area contributed by atoms with E-state index in [2.05, 4.69) is 52.6 Å². The van der Waals surface area contributed by atoms with E-state index in [0.717, 1.165) is 41.4 Å². The molecule has 0 amide bonds. The molecule has 8 rings (SSSR count). The summed E-state index contributed by atoms with van der Waals surface area (Å²) in [5, 5.41) is 0. The number of fused-ring (bicyclic) bond motifs is 4. The van der Waals surface area contributed by atoms with E-state index in [9.17, 15) is 0 Å². The average Bonchev–Trinajstić information content (AvgIpc) is 3.37. The van der Waals surface area contributed by atoms with Crippen molar-refractivity contribution in [1.82, 2.24) is 0 Å². The van der Waals surface area contributed by atoms with Crippen LogP contribution in [-0.2, 0) is 17.3 Å². The summed E-state index contributed by atoms with van der Waals surface area (Å²) in [7, 11) is 4.57. The van der Waals surface area contributed by atoms with E-state index < -0.39 is 0 Å². The molecule has 2 heteroatoms. The van der Waals surface area contributed by atoms with Gasteiger partial charge in [0.25, 0.3) is 0 Å². The van der Waals surface area contributed by atoms with Crippen LogP contribution in [0.3, 0.4) is 0 Å². The van der Waals surface area contributed by atoms with Gasteiger partial charge in [-0.3, -0.25) is 0 Å². The van der Waals surface area contributed by atoms with Gasteiger partial charge in [0, 0.05) is 0 Å². The monoisotopic (exact) mass is 414 g/mol. The van der Waals surface area contributed by atoms with Crippen molar-refractivity contribution in [3.05, 3.63) is 42.9 Å². The Kier molecular flexibility index (Phi) is 3.91. The van der Waals surface area contributed by atoms with Crippen molar-refractivity contribution < 1.29 is 17.3 Å². The van der Waals surface area contributed by atoms with E-state index in [1.807, 2.05) is 17.3 Å². The van der Waals surface area contributed by atoms with Crippen LogP contribution in [0.25, 0.3) is 0 Å². The Labute approximate surface area is 154 Å². The Hall–Kier alpha value is 0.133. The van der Waals surface area contributed by atoms with Crippen molar-refractivity contribution in [3.8, 4) is 0 Å². The Morgan fingerprint density at radius 1 is 0.739 bits per heavy atom. The number of allylic oxidation sites excluding steroid dienone is 6. The van der Waals surface area contributed by atoms with Crippen molar-refractivity contribution in [3.63, 3.8) is 0 Å². The Balaban J connectivity index is 0.000000115. The summed E-state index contributed by atoms with van der Waals surface area (Å²) in [5.74, 6) is 10.4. The fourth-order valence-corrected chi connectivity index (χ4v) is 7.06. The summed E-state index contributed by atoms with van der Waals surface area (Å²) in [6.45, 7) is 0. The number of hydrogen-bond donors (Lipinski definition) is 0. The average molecular weight is 414 g/mol. The summed E-state index contributed by atoms with van der Waals surface area (Å²) in [6, 6.07) is 0. The van der Waals surface area contributed by atoms with E-state index in [0.29, 0.717) is 0 Å². The van der Waals surface area contributed by atoms with Crippen LogP contribution in [0.15, 0.2) is 36.5 Å². The second-order valence-electron chi connectivity index (χ2n) is 8.77. The van der Waals surface area contributed by atoms with Gasteiger partial charge in [0.05, 0.1) is 0 Å². The third-order valence-electron chi connectivity index (χ3n) is 7.85. The maximum atomic E-state index is 4.57. The van der Waals surface area contributed by atoms with Gasteiger partial charge in [0.1, 0.15) is 0 Å². The maximum absolute atomic E-state index is 4.57. The van der Waals surface area contributed by atoms with Gasteiger partial charge in [0.2, 0.25) is 0 Å². The SMILES string of the molecule is C1=CC2C=CC1C2.C1=CC2CC1[CH-]C2C1C2CC3C(C2)C31.[Cl][Ru+]. The molecule has 23 heavy (non-hydrogen) atoms. The molecule has 0 aliphatic heterocycles. The van der Waals surface area contributed by atoms with Crippen LogP contribution in [-0.4, -0.2) is 0 Å². The molecule has 8 aliphatic carbocycles. The van der Waals surface area contributed by atoms with Crippen LogP contribution in [0, 0.1) is 65.6 Å². The van der Waals surface area contributed by atoms with Crippen molar-refractivity contribution >= 4 is 9.69 Å². The van der Waals surface area contributed by atoms with Crippen LogP contribution >= 0.6 is 9.69 Å². The van der Waals surface area contributed by atoms with Gasteiger partial charge >= 0.3 is 27.0 Å². The molecule has 0 spiro atoms. The summed E-state index contributed by atoms with van der Waals surface area (Å²) in [6.07, 6.45) is 22.9. The molecule has 5 saturated carbocycles. The van der Waals surface area contributed by atoms with Gasteiger partial charge in [-0.2, -0.15) is 5.92 Å². The molecule has 124 valence electrons. The first-order chi connectivity index (χ1) is 11.4. The van der Waals surface area contributed by atoms with E-state index >= 15 is 0 Å². The molecular formula is C21H25ClRu. The third-order valence-corrected chi connectivity index (χ3v) is 7.85. The van der Waals surface area contributed by atoms with E-state index in [1.54, 1.807) is 12.8 Å². The predicted octanol–water partition coefficient (Wildman–Crippen LogP) is 5.35. The molecule has 0 aromatic heterocycles. The molecule has 8 bridgehead atoms. The standard InChI is InChI=1S/C14H17.C7H8.ClH.Ru/c1-2-8-3-7(1)4-10(8)13-9-5-11-12(6-9)14(11)13;1-2-7-4-3-6(1)5-7;;/h1-2,4,7-14H,3,5-6H2;1-4,6-7H,5H2;1H;/q-1;;;+2/p-1. The van der Waals surface area contributed by atoms with Gasteiger partial charge < -0.3 is 6.42 Å². The van der Waals surface area contributed by atoms with E-state index in [4.69, 9.17) is 0 Å². The fraction of sp³-hybridized carbons (Fsp3) is 0.667. The van der Waals surface area contributed by atoms with E-state index in [1.165, 1.54) is 30.6 Å². The van der Waals surface area contributed by atoms with Crippen molar-refractivity contribution in [2.75, 3.05) is 0 Å². The topological polar surface area (TPSA) is 0 Å². The number of rotatable bonds is 1. The van der Waals surface area contributed by atoms with Crippen molar-refractivity contribution in [2.45, 2.75) is 25.7 Å². The predicted molar refractivity (Wildman–Crippen MR) is 90.9 cm³/mol. The zero-order valence-corrected chi connectivity index (χ0v) is 15.9. The first-order valence-electron chi connectivity index (χ1n) is 9.40. The Morgan fingerprint density at radius 3 is 1.74 bits per heavy atom. The van der Waals surface area contributed by atoms with Crippen molar-refractivity contribution in [2.24, 2.45) is 59.2 Å². The molecule has 0 nitrogen and oxygen atoms in total. The summed E-state index contributed by atoms with van der Waals surface area (Å²) in [4.78, 5) is 0. The van der Waals surface area contributed by atoms with Gasteiger partial charge in [-0.15, -0.1) is 12.0 Å². The fourth-order valence-electron chi connectivity index (χ4n) is 7.06. The van der Waals surface area contributed by atoms with Gasteiger partial charge in [-0.1, -0.05) is 42.7 Å². The molecule has 0 saturated heterocycles. The molecule has 5 fully saturated rings. The second kappa shape index (κ2) is 5.84. The minimum atomic E-state index is 0.810. The summed E-state index contributed by atoms with van der Waals surface area (Å²) >= 11 is 1.82. The Morgan fingerprint density at radius 2 is 1.39 bits per heavy atom. The molecule has 6 unspecified atom stereocenters. The van der Waals surface area contributed by atoms with Crippen LogP contribution in [0.5, 0.6) is 0 Å². The first-order valence-corrected chi connectivity index (χ1v) is 11.6. The van der Waals surface area contributed by atoms with Crippen LogP contribution in [0.4, 0.5) is 0 Å². The molecule has 0 N–H and O–H groups in total. The van der Waals surface area contributed by atoms with Gasteiger partial charge in [0.15, 0.2) is 0 Å². The zero-order valence-electron chi connectivity index (χ0n) is 13.4. The van der Waals surface area contributed by atoms with Gasteiger partial charge in [-0.05, 0) is 60.7 Å². The van der Waals surface area contributed by atoms with Crippen molar-refractivity contribution in [1.29, 1.82) is 0 Å². The zero-order chi connectivity index (χ0) is 15.6. The van der Waals surface area contributed by atoms with Crippen LogP contribution in [0.2, 0.25) is 0 Å². The Bertz CT molecular complexity index is 522. The molecule has 8 aliphatic rings. The molecule has 0 aromatic rings. The van der Waals surface area contributed by atoms with Gasteiger partial charge in [-0.25, -0.2) is 0 Å². The minimum absolute atomic E-state index is 0.810. The molecule has 0 radical (unpaired) electrons. The molecule has 0 aromatic carbocycles. The normalized spacial score (nSPS) is 56.6. The quantitative estimate of drug-likeness (QED) is 0.309. The summed E-state index contributed by atoms with van der Waals surface area (Å²) in [5.41, 5.74) is 0. The van der Waals surface area contributed by atoms with Crippen LogP contribution in [0.1, 0.15) is 25.7 Å². The third kappa shape index (κ3) is 2.40. The number of halogens is 1. The molecular weight excluding hydrogens is 389 g/mol. The van der Waals surface area contributed by atoms with E-state index in [-0.39, 0.29) is 0 Å². The first kappa shape index (κ1) is 15.4. The molecule has 6 atom stereocenters. The molecule has 0 heterocycles. The summed E-state index contributed by atoms with van der Waals surface area (Å²) < 4.78 is 0. The second-order valence-corrected chi connectivity index (χ2v) is 8.77.